The van der Waals surface area contributed by atoms with E-state index in [0.717, 1.165) is 34.1 Å². The molecule has 0 saturated carbocycles. The van der Waals surface area contributed by atoms with Crippen molar-refractivity contribution in [3.8, 4) is 11.3 Å². The maximum absolute atomic E-state index is 12.7. The quantitative estimate of drug-likeness (QED) is 0.279. The van der Waals surface area contributed by atoms with E-state index in [1.165, 1.54) is 0 Å². The number of carbonyl (C=O) groups excluding carboxylic acids is 2. The maximum Gasteiger partial charge on any atom is 0.274 e. The van der Waals surface area contributed by atoms with E-state index in [0.29, 0.717) is 34.1 Å². The van der Waals surface area contributed by atoms with Gasteiger partial charge in [-0.05, 0) is 54.6 Å². The van der Waals surface area contributed by atoms with Crippen LogP contribution in [0.3, 0.4) is 0 Å². The molecule has 0 atom stereocenters. The molecule has 0 saturated heterocycles. The molecule has 0 unspecified atom stereocenters. The van der Waals surface area contributed by atoms with E-state index >= 15 is 0 Å². The Balaban J connectivity index is 1.41. The molecule has 5 rings (SSSR count). The average Bonchev–Trinajstić information content (AvgIpc) is 3.29. The van der Waals surface area contributed by atoms with Crippen molar-refractivity contribution in [2.24, 2.45) is 0 Å². The van der Waals surface area contributed by atoms with Crippen LogP contribution >= 0.6 is 11.6 Å². The number of hydrogen-bond donors (Lipinski definition) is 1. The summed E-state index contributed by atoms with van der Waals surface area (Å²) < 4.78 is 6.20. The van der Waals surface area contributed by atoms with Gasteiger partial charge < -0.3 is 9.73 Å². The molecule has 34 heavy (non-hydrogen) atoms. The Morgan fingerprint density at radius 2 is 1.74 bits per heavy atom. The highest BCUT2D eigenvalue weighted by Crippen LogP contribution is 2.33. The fourth-order valence-corrected chi connectivity index (χ4v) is 4.05. The number of pyridine rings is 1. The van der Waals surface area contributed by atoms with Crippen LogP contribution in [0.25, 0.3) is 22.3 Å². The first-order chi connectivity index (χ1) is 16.6. The van der Waals surface area contributed by atoms with Crippen molar-refractivity contribution >= 4 is 40.5 Å². The molecule has 0 bridgehead atoms. The standard InChI is InChI=1S/C28H19ClN2O3/c29-22-13-20(27-21(14-22)16-26(34-27)19-5-2-1-3-6-19)15-24-7-4-8-25(30-24)28(33)31-23-11-9-18(17-32)10-12-23/h1-14,16-17H,15H2,(H,31,33). The van der Waals surface area contributed by atoms with Crippen molar-refractivity contribution in [2.75, 3.05) is 5.32 Å². The maximum atomic E-state index is 12.7. The molecule has 0 aliphatic carbocycles. The largest absolute Gasteiger partial charge is 0.456 e. The fourth-order valence-electron chi connectivity index (χ4n) is 3.80. The summed E-state index contributed by atoms with van der Waals surface area (Å²) in [5, 5.41) is 4.32. The van der Waals surface area contributed by atoms with Gasteiger partial charge in [0, 0.05) is 44.9 Å². The number of fused-ring (bicyclic) bond motifs is 1. The van der Waals surface area contributed by atoms with Gasteiger partial charge in [0.05, 0.1) is 0 Å². The minimum absolute atomic E-state index is 0.291. The van der Waals surface area contributed by atoms with Gasteiger partial charge >= 0.3 is 0 Å². The second-order valence-electron chi connectivity index (χ2n) is 7.84. The summed E-state index contributed by atoms with van der Waals surface area (Å²) in [6, 6.07) is 27.6. The zero-order chi connectivity index (χ0) is 23.5. The fraction of sp³-hybridized carbons (Fsp3) is 0.0357. The van der Waals surface area contributed by atoms with Crippen molar-refractivity contribution in [3.05, 3.63) is 119 Å². The predicted octanol–water partition coefficient (Wildman–Crippen LogP) is 6.80. The van der Waals surface area contributed by atoms with E-state index < -0.39 is 0 Å². The third-order valence-corrected chi connectivity index (χ3v) is 5.65. The number of rotatable bonds is 6. The van der Waals surface area contributed by atoms with Crippen molar-refractivity contribution in [1.29, 1.82) is 0 Å². The minimum Gasteiger partial charge on any atom is -0.456 e. The van der Waals surface area contributed by atoms with E-state index in [1.807, 2.05) is 54.6 Å². The Morgan fingerprint density at radius 3 is 2.50 bits per heavy atom. The monoisotopic (exact) mass is 466 g/mol. The van der Waals surface area contributed by atoms with E-state index in [9.17, 15) is 9.59 Å². The minimum atomic E-state index is -0.332. The van der Waals surface area contributed by atoms with Crippen LogP contribution in [0.1, 0.15) is 32.1 Å². The molecule has 166 valence electrons. The van der Waals surface area contributed by atoms with Crippen molar-refractivity contribution in [2.45, 2.75) is 6.42 Å². The van der Waals surface area contributed by atoms with Crippen molar-refractivity contribution < 1.29 is 14.0 Å². The number of carbonyl (C=O) groups is 2. The number of anilines is 1. The summed E-state index contributed by atoms with van der Waals surface area (Å²) in [4.78, 5) is 28.1. The average molecular weight is 467 g/mol. The van der Waals surface area contributed by atoms with Crippen LogP contribution in [-0.2, 0) is 6.42 Å². The molecule has 2 heterocycles. The van der Waals surface area contributed by atoms with Gasteiger partial charge in [-0.1, -0.05) is 48.0 Å². The number of nitrogens with one attached hydrogen (secondary N) is 1. The molecular formula is C28H19ClN2O3. The van der Waals surface area contributed by atoms with Crippen molar-refractivity contribution in [3.63, 3.8) is 0 Å². The lowest BCUT2D eigenvalue weighted by atomic mass is 10.1. The molecule has 2 aromatic heterocycles. The Kier molecular flexibility index (Phi) is 5.93. The Morgan fingerprint density at radius 1 is 0.941 bits per heavy atom. The Bertz CT molecular complexity index is 1490. The third kappa shape index (κ3) is 4.60. The molecule has 5 aromatic rings. The summed E-state index contributed by atoms with van der Waals surface area (Å²) in [5.74, 6) is 0.433. The first-order valence-corrected chi connectivity index (χ1v) is 11.1. The molecule has 0 aliphatic heterocycles. The van der Waals surface area contributed by atoms with Gasteiger partial charge in [0.2, 0.25) is 0 Å². The smallest absolute Gasteiger partial charge is 0.274 e. The number of amides is 1. The zero-order valence-corrected chi connectivity index (χ0v) is 18.8. The second kappa shape index (κ2) is 9.33. The normalized spacial score (nSPS) is 10.9. The molecule has 0 radical (unpaired) electrons. The number of nitrogens with zero attached hydrogens (tertiary/aromatic N) is 1. The molecule has 0 aliphatic rings. The summed E-state index contributed by atoms with van der Waals surface area (Å²) in [6.45, 7) is 0. The van der Waals surface area contributed by atoms with Gasteiger partial charge in [0.15, 0.2) is 0 Å². The SMILES string of the molecule is O=Cc1ccc(NC(=O)c2cccc(Cc3cc(Cl)cc4cc(-c5ccccc5)oc34)n2)cc1. The highest BCUT2D eigenvalue weighted by Gasteiger charge is 2.14. The first-order valence-electron chi connectivity index (χ1n) is 10.7. The molecular weight excluding hydrogens is 448 g/mol. The van der Waals surface area contributed by atoms with Gasteiger partial charge in [-0.2, -0.15) is 0 Å². The summed E-state index contributed by atoms with van der Waals surface area (Å²) >= 11 is 6.39. The predicted molar refractivity (Wildman–Crippen MR) is 133 cm³/mol. The summed E-state index contributed by atoms with van der Waals surface area (Å²) in [6.07, 6.45) is 1.21. The lowest BCUT2D eigenvalue weighted by Crippen LogP contribution is -2.14. The van der Waals surface area contributed by atoms with Crippen LogP contribution in [0.15, 0.2) is 95.4 Å². The summed E-state index contributed by atoms with van der Waals surface area (Å²) in [7, 11) is 0. The van der Waals surface area contributed by atoms with Crippen LogP contribution in [0.5, 0.6) is 0 Å². The Labute approximate surface area is 201 Å². The zero-order valence-electron chi connectivity index (χ0n) is 18.0. The van der Waals surface area contributed by atoms with Crippen LogP contribution in [0.4, 0.5) is 5.69 Å². The lowest BCUT2D eigenvalue weighted by Gasteiger charge is -2.08. The van der Waals surface area contributed by atoms with E-state index in [-0.39, 0.29) is 5.91 Å². The van der Waals surface area contributed by atoms with E-state index in [4.69, 9.17) is 16.0 Å². The summed E-state index contributed by atoms with van der Waals surface area (Å²) in [5.41, 5.74) is 4.75. The highest BCUT2D eigenvalue weighted by atomic mass is 35.5. The van der Waals surface area contributed by atoms with Gasteiger partial charge in [0.25, 0.3) is 5.91 Å². The van der Waals surface area contributed by atoms with Crippen LogP contribution < -0.4 is 5.32 Å². The van der Waals surface area contributed by atoms with Crippen molar-refractivity contribution in [1.82, 2.24) is 4.98 Å². The molecule has 3 aromatic carbocycles. The molecule has 6 heteroatoms. The number of furan rings is 1. The lowest BCUT2D eigenvalue weighted by molar-refractivity contribution is 0.102. The molecule has 5 nitrogen and oxygen atoms in total. The third-order valence-electron chi connectivity index (χ3n) is 5.43. The number of aromatic nitrogens is 1. The van der Waals surface area contributed by atoms with Crippen LogP contribution in [-0.4, -0.2) is 17.2 Å². The highest BCUT2D eigenvalue weighted by molar-refractivity contribution is 6.31. The van der Waals surface area contributed by atoms with Gasteiger partial charge in [0.1, 0.15) is 23.3 Å². The number of halogens is 1. The number of benzene rings is 3. The van der Waals surface area contributed by atoms with E-state index in [1.54, 1.807) is 36.4 Å². The first kappa shape index (κ1) is 21.6. The molecule has 1 amide bonds. The molecule has 1 N–H and O–H groups in total. The molecule has 0 fully saturated rings. The number of aldehydes is 1. The van der Waals surface area contributed by atoms with E-state index in [2.05, 4.69) is 10.3 Å². The Hall–Kier alpha value is -4.22. The topological polar surface area (TPSA) is 72.2 Å². The molecule has 0 spiro atoms. The van der Waals surface area contributed by atoms with Gasteiger partial charge in [-0.25, -0.2) is 4.98 Å². The van der Waals surface area contributed by atoms with Gasteiger partial charge in [-0.3, -0.25) is 9.59 Å². The van der Waals surface area contributed by atoms with Crippen LogP contribution in [0, 0.1) is 0 Å². The second-order valence-corrected chi connectivity index (χ2v) is 8.28. The number of hydrogen-bond acceptors (Lipinski definition) is 4. The van der Waals surface area contributed by atoms with Crippen LogP contribution in [0.2, 0.25) is 5.02 Å². The van der Waals surface area contributed by atoms with Gasteiger partial charge in [-0.15, -0.1) is 0 Å².